The maximum atomic E-state index is 4.06. The normalized spacial score (nSPS) is 10.5. The van der Waals surface area contributed by atoms with Crippen molar-refractivity contribution in [2.75, 3.05) is 0 Å². The third-order valence-electron chi connectivity index (χ3n) is 2.18. The average molecular weight is 181 g/mol. The van der Waals surface area contributed by atoms with E-state index >= 15 is 0 Å². The average Bonchev–Trinajstić information content (AvgIpc) is 2.63. The van der Waals surface area contributed by atoms with Gasteiger partial charge in [0.2, 0.25) is 0 Å². The van der Waals surface area contributed by atoms with E-state index in [1.807, 2.05) is 0 Å². The van der Waals surface area contributed by atoms with Crippen LogP contribution in [-0.4, -0.2) is 15.0 Å². The Morgan fingerprint density at radius 3 is 2.23 bits per heavy atom. The van der Waals surface area contributed by atoms with Gasteiger partial charge in [0.05, 0.1) is 18.9 Å². The molecule has 0 atom stereocenters. The van der Waals surface area contributed by atoms with Crippen molar-refractivity contribution in [3.05, 3.63) is 12.4 Å². The zero-order valence-electron chi connectivity index (χ0n) is 8.45. The Hall–Kier alpha value is -0.860. The van der Waals surface area contributed by atoms with Crippen molar-refractivity contribution >= 4 is 0 Å². The predicted molar refractivity (Wildman–Crippen MR) is 53.4 cm³/mol. The number of hydrogen-bond acceptors (Lipinski definition) is 2. The molecule has 0 unspecified atom stereocenters. The van der Waals surface area contributed by atoms with Crippen molar-refractivity contribution in [3.63, 3.8) is 0 Å². The number of aryl methyl sites for hydroxylation is 1. The van der Waals surface area contributed by atoms with Gasteiger partial charge in [-0.1, -0.05) is 39.0 Å². The highest BCUT2D eigenvalue weighted by atomic mass is 15.5. The molecule has 0 aliphatic heterocycles. The molecule has 1 heterocycles. The van der Waals surface area contributed by atoms with E-state index in [1.54, 1.807) is 17.2 Å². The number of rotatable bonds is 7. The van der Waals surface area contributed by atoms with Crippen molar-refractivity contribution in [2.24, 2.45) is 0 Å². The number of unbranched alkanes of at least 4 members (excludes halogenated alkanes) is 5. The minimum Gasteiger partial charge on any atom is -0.185 e. The third kappa shape index (κ3) is 4.65. The molecule has 0 saturated heterocycles. The van der Waals surface area contributed by atoms with Crippen LogP contribution in [-0.2, 0) is 6.54 Å². The molecule has 0 aromatic carbocycles. The molecule has 1 rings (SSSR count). The van der Waals surface area contributed by atoms with E-state index in [4.69, 9.17) is 0 Å². The fraction of sp³-hybridized carbons (Fsp3) is 0.800. The summed E-state index contributed by atoms with van der Waals surface area (Å²) >= 11 is 0. The van der Waals surface area contributed by atoms with Gasteiger partial charge in [-0.3, -0.25) is 0 Å². The second kappa shape index (κ2) is 6.63. The predicted octanol–water partition coefficient (Wildman–Crippen LogP) is 2.64. The molecule has 0 aliphatic carbocycles. The van der Waals surface area contributed by atoms with E-state index < -0.39 is 0 Å². The van der Waals surface area contributed by atoms with Gasteiger partial charge in [0, 0.05) is 0 Å². The summed E-state index contributed by atoms with van der Waals surface area (Å²) in [7, 11) is 0. The highest BCUT2D eigenvalue weighted by Crippen LogP contribution is 2.05. The Balaban J connectivity index is 1.90. The van der Waals surface area contributed by atoms with Gasteiger partial charge in [-0.15, -0.1) is 0 Å². The minimum absolute atomic E-state index is 0.971. The molecule has 1 aromatic heterocycles. The van der Waals surface area contributed by atoms with Gasteiger partial charge in [-0.2, -0.15) is 15.0 Å². The molecule has 1 aromatic rings. The van der Waals surface area contributed by atoms with Crippen LogP contribution >= 0.6 is 0 Å². The van der Waals surface area contributed by atoms with Gasteiger partial charge >= 0.3 is 0 Å². The van der Waals surface area contributed by atoms with E-state index in [0.29, 0.717) is 0 Å². The summed E-state index contributed by atoms with van der Waals surface area (Å²) in [6.07, 6.45) is 11.4. The molecule has 13 heavy (non-hydrogen) atoms. The lowest BCUT2D eigenvalue weighted by atomic mass is 10.1. The first-order valence-corrected chi connectivity index (χ1v) is 5.27. The molecule has 0 bridgehead atoms. The molecule has 0 saturated carbocycles. The van der Waals surface area contributed by atoms with Gasteiger partial charge in [0.25, 0.3) is 0 Å². The quantitative estimate of drug-likeness (QED) is 0.605. The van der Waals surface area contributed by atoms with Crippen LogP contribution in [0.1, 0.15) is 45.4 Å². The lowest BCUT2D eigenvalue weighted by Crippen LogP contribution is -2.01. The van der Waals surface area contributed by atoms with Gasteiger partial charge in [-0.05, 0) is 6.42 Å². The van der Waals surface area contributed by atoms with Crippen molar-refractivity contribution in [1.82, 2.24) is 15.0 Å². The number of nitrogens with zero attached hydrogens (tertiary/aromatic N) is 3. The molecular formula is C10H19N3. The number of hydrogen-bond donors (Lipinski definition) is 0. The Morgan fingerprint density at radius 2 is 1.54 bits per heavy atom. The molecular weight excluding hydrogens is 162 g/mol. The van der Waals surface area contributed by atoms with Crippen LogP contribution in [0.15, 0.2) is 12.4 Å². The summed E-state index contributed by atoms with van der Waals surface area (Å²) in [4.78, 5) is 1.76. The molecule has 74 valence electrons. The molecule has 0 N–H and O–H groups in total. The topological polar surface area (TPSA) is 30.7 Å². The standard InChI is InChI=1S/C10H19N3/c1-2-3-4-5-6-7-10-13-11-8-9-12-13/h8-9H,2-7,10H2,1H3. The second-order valence-corrected chi connectivity index (χ2v) is 3.39. The lowest BCUT2D eigenvalue weighted by molar-refractivity contribution is 0.483. The van der Waals surface area contributed by atoms with Crippen LogP contribution in [0.5, 0.6) is 0 Å². The third-order valence-corrected chi connectivity index (χ3v) is 2.18. The summed E-state index contributed by atoms with van der Waals surface area (Å²) in [6, 6.07) is 0. The lowest BCUT2D eigenvalue weighted by Gasteiger charge is -1.99. The van der Waals surface area contributed by atoms with Gasteiger partial charge in [-0.25, -0.2) is 0 Å². The van der Waals surface area contributed by atoms with Crippen molar-refractivity contribution in [3.8, 4) is 0 Å². The van der Waals surface area contributed by atoms with E-state index in [1.165, 1.54) is 38.5 Å². The summed E-state index contributed by atoms with van der Waals surface area (Å²) in [5.74, 6) is 0. The Bertz CT molecular complexity index is 194. The van der Waals surface area contributed by atoms with Gasteiger partial charge in [0.15, 0.2) is 0 Å². The molecule has 3 nitrogen and oxygen atoms in total. The summed E-state index contributed by atoms with van der Waals surface area (Å²) in [6.45, 7) is 3.22. The first-order valence-electron chi connectivity index (χ1n) is 5.27. The number of aromatic nitrogens is 3. The van der Waals surface area contributed by atoms with Crippen LogP contribution in [0, 0.1) is 0 Å². The molecule has 0 fully saturated rings. The van der Waals surface area contributed by atoms with Crippen LogP contribution in [0.25, 0.3) is 0 Å². The summed E-state index contributed by atoms with van der Waals surface area (Å²) in [5, 5.41) is 8.11. The van der Waals surface area contributed by atoms with E-state index in [0.717, 1.165) is 6.54 Å². The highest BCUT2D eigenvalue weighted by molar-refractivity contribution is 4.59. The van der Waals surface area contributed by atoms with Crippen LogP contribution in [0.2, 0.25) is 0 Å². The van der Waals surface area contributed by atoms with Crippen molar-refractivity contribution < 1.29 is 0 Å². The molecule has 0 aliphatic rings. The smallest absolute Gasteiger partial charge is 0.0693 e. The van der Waals surface area contributed by atoms with Gasteiger partial charge in [0.1, 0.15) is 0 Å². The Kier molecular flexibility index (Phi) is 5.22. The largest absolute Gasteiger partial charge is 0.185 e. The van der Waals surface area contributed by atoms with Crippen LogP contribution in [0.4, 0.5) is 0 Å². The van der Waals surface area contributed by atoms with E-state index in [9.17, 15) is 0 Å². The maximum absolute atomic E-state index is 4.06. The van der Waals surface area contributed by atoms with E-state index in [-0.39, 0.29) is 0 Å². The fourth-order valence-corrected chi connectivity index (χ4v) is 1.39. The summed E-state index contributed by atoms with van der Waals surface area (Å²) in [5.41, 5.74) is 0. The van der Waals surface area contributed by atoms with Crippen LogP contribution < -0.4 is 0 Å². The first kappa shape index (κ1) is 10.2. The minimum atomic E-state index is 0.971. The fourth-order valence-electron chi connectivity index (χ4n) is 1.39. The first-order chi connectivity index (χ1) is 6.43. The summed E-state index contributed by atoms with van der Waals surface area (Å²) < 4.78 is 0. The highest BCUT2D eigenvalue weighted by Gasteiger charge is 1.92. The second-order valence-electron chi connectivity index (χ2n) is 3.39. The SMILES string of the molecule is CCCCCCCCn1nccn1. The molecule has 3 heteroatoms. The van der Waals surface area contributed by atoms with Crippen molar-refractivity contribution in [2.45, 2.75) is 52.0 Å². The van der Waals surface area contributed by atoms with E-state index in [2.05, 4.69) is 17.1 Å². The van der Waals surface area contributed by atoms with Crippen LogP contribution in [0.3, 0.4) is 0 Å². The molecule has 0 spiro atoms. The molecule has 0 amide bonds. The van der Waals surface area contributed by atoms with Crippen molar-refractivity contribution in [1.29, 1.82) is 0 Å². The Labute approximate surface area is 80.1 Å². The van der Waals surface area contributed by atoms with Gasteiger partial charge < -0.3 is 0 Å². The zero-order chi connectivity index (χ0) is 9.36. The monoisotopic (exact) mass is 181 g/mol. The maximum Gasteiger partial charge on any atom is 0.0693 e. The zero-order valence-corrected chi connectivity index (χ0v) is 8.45. The Morgan fingerprint density at radius 1 is 0.923 bits per heavy atom. The molecule has 0 radical (unpaired) electrons.